The number of anilines is 1. The summed E-state index contributed by atoms with van der Waals surface area (Å²) < 4.78 is 52.7. The first-order valence-electron chi connectivity index (χ1n) is 6.60. The lowest BCUT2D eigenvalue weighted by molar-refractivity contribution is -0.119. The molecule has 1 unspecified atom stereocenters. The topological polar surface area (TPSA) is 75.7 Å². The fourth-order valence-corrected chi connectivity index (χ4v) is 3.47. The van der Waals surface area contributed by atoms with Crippen molar-refractivity contribution >= 4 is 21.6 Å². The van der Waals surface area contributed by atoms with Gasteiger partial charge in [0.15, 0.2) is 0 Å². The number of nitrogens with one attached hydrogen (secondary N) is 1. The highest BCUT2D eigenvalue weighted by molar-refractivity contribution is 7.88. The molecule has 1 N–H and O–H groups in total. The Labute approximate surface area is 127 Å². The summed E-state index contributed by atoms with van der Waals surface area (Å²) in [6.07, 6.45) is 2.13. The molecule has 2 rings (SSSR count). The number of amides is 1. The monoisotopic (exact) mass is 334 g/mol. The van der Waals surface area contributed by atoms with E-state index in [-0.39, 0.29) is 5.75 Å². The van der Waals surface area contributed by atoms with Crippen LogP contribution in [0.15, 0.2) is 24.3 Å². The van der Waals surface area contributed by atoms with Gasteiger partial charge in [-0.05, 0) is 37.1 Å². The molecule has 1 saturated heterocycles. The van der Waals surface area contributed by atoms with E-state index >= 15 is 0 Å². The molecule has 0 aromatic heterocycles. The number of carbonyl (C=O) groups excluding carboxylic acids is 1. The molecule has 0 aliphatic carbocycles. The summed E-state index contributed by atoms with van der Waals surface area (Å²) in [4.78, 5) is 12.2. The summed E-state index contributed by atoms with van der Waals surface area (Å²) in [5, 5.41) is 2.58. The lowest BCUT2D eigenvalue weighted by atomic mass is 10.2. The lowest BCUT2D eigenvalue weighted by Crippen LogP contribution is -2.42. The van der Waals surface area contributed by atoms with Gasteiger partial charge in [0.05, 0.1) is 6.26 Å². The Balaban J connectivity index is 2.02. The SMILES string of the molecule is CS(=O)(=O)N1CCCC1C(=O)Nc1ccc(OC(F)F)cc1. The molecule has 1 aliphatic rings. The number of halogens is 2. The number of hydrogen-bond acceptors (Lipinski definition) is 4. The van der Waals surface area contributed by atoms with Crippen LogP contribution in [0.25, 0.3) is 0 Å². The van der Waals surface area contributed by atoms with Crippen LogP contribution in [-0.2, 0) is 14.8 Å². The highest BCUT2D eigenvalue weighted by Gasteiger charge is 2.36. The average molecular weight is 334 g/mol. The normalized spacial score (nSPS) is 19.4. The van der Waals surface area contributed by atoms with Gasteiger partial charge < -0.3 is 10.1 Å². The van der Waals surface area contributed by atoms with Gasteiger partial charge in [0.2, 0.25) is 15.9 Å². The molecule has 1 heterocycles. The van der Waals surface area contributed by atoms with Gasteiger partial charge in [0.25, 0.3) is 0 Å². The molecular weight excluding hydrogens is 318 g/mol. The van der Waals surface area contributed by atoms with E-state index < -0.39 is 28.6 Å². The first kappa shape index (κ1) is 16.6. The molecule has 1 fully saturated rings. The van der Waals surface area contributed by atoms with E-state index in [4.69, 9.17) is 0 Å². The molecule has 0 saturated carbocycles. The number of hydrogen-bond donors (Lipinski definition) is 1. The molecule has 1 aromatic rings. The summed E-state index contributed by atoms with van der Waals surface area (Å²) in [6.45, 7) is -2.60. The molecule has 6 nitrogen and oxygen atoms in total. The number of benzene rings is 1. The summed E-state index contributed by atoms with van der Waals surface area (Å²) in [5.41, 5.74) is 0.381. The van der Waals surface area contributed by atoms with Gasteiger partial charge in [-0.1, -0.05) is 0 Å². The highest BCUT2D eigenvalue weighted by atomic mass is 32.2. The second-order valence-corrected chi connectivity index (χ2v) is 6.86. The average Bonchev–Trinajstić information content (AvgIpc) is 2.89. The van der Waals surface area contributed by atoms with Gasteiger partial charge in [-0.25, -0.2) is 8.42 Å². The molecule has 1 atom stereocenters. The molecular formula is C13H16F2N2O4S. The molecule has 1 aliphatic heterocycles. The summed E-state index contributed by atoms with van der Waals surface area (Å²) >= 11 is 0. The molecule has 1 amide bonds. The fraction of sp³-hybridized carbons (Fsp3) is 0.462. The number of carbonyl (C=O) groups is 1. The Hall–Kier alpha value is -1.74. The number of ether oxygens (including phenoxy) is 1. The maximum absolute atomic E-state index is 12.2. The van der Waals surface area contributed by atoms with Gasteiger partial charge in [-0.3, -0.25) is 4.79 Å². The molecule has 0 spiro atoms. The van der Waals surface area contributed by atoms with E-state index in [2.05, 4.69) is 10.1 Å². The minimum Gasteiger partial charge on any atom is -0.435 e. The van der Waals surface area contributed by atoms with Crippen molar-refractivity contribution in [1.82, 2.24) is 4.31 Å². The Kier molecular flexibility index (Phi) is 4.97. The van der Waals surface area contributed by atoms with E-state index in [1.165, 1.54) is 24.3 Å². The van der Waals surface area contributed by atoms with Crippen LogP contribution < -0.4 is 10.1 Å². The van der Waals surface area contributed by atoms with Crippen molar-refractivity contribution in [3.63, 3.8) is 0 Å². The number of rotatable bonds is 5. The highest BCUT2D eigenvalue weighted by Crippen LogP contribution is 2.23. The first-order valence-corrected chi connectivity index (χ1v) is 8.45. The maximum Gasteiger partial charge on any atom is 0.387 e. The molecule has 0 bridgehead atoms. The van der Waals surface area contributed by atoms with E-state index in [9.17, 15) is 22.0 Å². The van der Waals surface area contributed by atoms with Crippen molar-refractivity contribution in [3.8, 4) is 5.75 Å². The smallest absolute Gasteiger partial charge is 0.387 e. The quantitative estimate of drug-likeness (QED) is 0.888. The van der Waals surface area contributed by atoms with Crippen LogP contribution in [0.2, 0.25) is 0 Å². The third-order valence-corrected chi connectivity index (χ3v) is 4.57. The van der Waals surface area contributed by atoms with Crippen molar-refractivity contribution in [2.24, 2.45) is 0 Å². The zero-order valence-corrected chi connectivity index (χ0v) is 12.6. The summed E-state index contributed by atoms with van der Waals surface area (Å²) in [5.74, 6) is -0.461. The minimum absolute atomic E-state index is 0.0216. The van der Waals surface area contributed by atoms with Crippen LogP contribution in [0.1, 0.15) is 12.8 Å². The Morgan fingerprint density at radius 3 is 2.55 bits per heavy atom. The van der Waals surface area contributed by atoms with Crippen molar-refractivity contribution in [2.45, 2.75) is 25.5 Å². The molecule has 0 radical (unpaired) electrons. The molecule has 122 valence electrons. The van der Waals surface area contributed by atoms with Crippen LogP contribution in [0.5, 0.6) is 5.75 Å². The van der Waals surface area contributed by atoms with Gasteiger partial charge in [-0.15, -0.1) is 0 Å². The Bertz CT molecular complexity index is 634. The van der Waals surface area contributed by atoms with Crippen LogP contribution in [-0.4, -0.2) is 44.1 Å². The Morgan fingerprint density at radius 1 is 1.36 bits per heavy atom. The van der Waals surface area contributed by atoms with Gasteiger partial charge in [-0.2, -0.15) is 13.1 Å². The minimum atomic E-state index is -3.44. The van der Waals surface area contributed by atoms with E-state index in [1.54, 1.807) is 0 Å². The van der Waals surface area contributed by atoms with E-state index in [1.807, 2.05) is 0 Å². The largest absolute Gasteiger partial charge is 0.435 e. The molecule has 1 aromatic carbocycles. The fourth-order valence-electron chi connectivity index (χ4n) is 2.34. The van der Waals surface area contributed by atoms with Crippen LogP contribution in [0.3, 0.4) is 0 Å². The van der Waals surface area contributed by atoms with Gasteiger partial charge >= 0.3 is 6.61 Å². The Morgan fingerprint density at radius 2 is 2.00 bits per heavy atom. The van der Waals surface area contributed by atoms with Crippen LogP contribution in [0, 0.1) is 0 Å². The second kappa shape index (κ2) is 6.57. The standard InChI is InChI=1S/C13H16F2N2O4S/c1-22(19,20)17-8-2-3-11(17)12(18)16-9-4-6-10(7-5-9)21-13(14)15/h4-7,11,13H,2-3,8H2,1H3,(H,16,18). The predicted octanol–water partition coefficient (Wildman–Crippen LogP) is 1.65. The predicted molar refractivity (Wildman–Crippen MR) is 76.3 cm³/mol. The van der Waals surface area contributed by atoms with E-state index in [0.717, 1.165) is 10.6 Å². The van der Waals surface area contributed by atoms with E-state index in [0.29, 0.717) is 25.1 Å². The van der Waals surface area contributed by atoms with Crippen LogP contribution in [0.4, 0.5) is 14.5 Å². The van der Waals surface area contributed by atoms with Crippen LogP contribution >= 0.6 is 0 Å². The molecule has 9 heteroatoms. The van der Waals surface area contributed by atoms with Crippen molar-refractivity contribution < 1.29 is 26.7 Å². The zero-order chi connectivity index (χ0) is 16.3. The van der Waals surface area contributed by atoms with Crippen molar-refractivity contribution in [2.75, 3.05) is 18.1 Å². The lowest BCUT2D eigenvalue weighted by Gasteiger charge is -2.21. The summed E-state index contributed by atoms with van der Waals surface area (Å²) in [6, 6.07) is 4.67. The van der Waals surface area contributed by atoms with Gasteiger partial charge in [0.1, 0.15) is 11.8 Å². The third kappa shape index (κ3) is 4.14. The zero-order valence-electron chi connectivity index (χ0n) is 11.8. The molecule has 22 heavy (non-hydrogen) atoms. The third-order valence-electron chi connectivity index (χ3n) is 3.28. The number of alkyl halides is 2. The summed E-state index contributed by atoms with van der Waals surface area (Å²) in [7, 11) is -3.44. The van der Waals surface area contributed by atoms with Gasteiger partial charge in [0, 0.05) is 12.2 Å². The number of sulfonamides is 1. The maximum atomic E-state index is 12.2. The second-order valence-electron chi connectivity index (χ2n) is 4.92. The number of nitrogens with zero attached hydrogens (tertiary/aromatic N) is 1. The van der Waals surface area contributed by atoms with Crippen molar-refractivity contribution in [3.05, 3.63) is 24.3 Å². The first-order chi connectivity index (χ1) is 10.3. The van der Waals surface area contributed by atoms with Crippen molar-refractivity contribution in [1.29, 1.82) is 0 Å².